The van der Waals surface area contributed by atoms with Gasteiger partial charge in [-0.1, -0.05) is 0 Å². The van der Waals surface area contributed by atoms with Gasteiger partial charge in [-0.3, -0.25) is 14.9 Å². The summed E-state index contributed by atoms with van der Waals surface area (Å²) in [4.78, 5) is 19.2. The Kier molecular flexibility index (Phi) is 4.37. The van der Waals surface area contributed by atoms with E-state index in [0.717, 1.165) is 0 Å². The first-order valence-corrected chi connectivity index (χ1v) is 6.65. The van der Waals surface area contributed by atoms with Crippen molar-refractivity contribution < 1.29 is 31.7 Å². The first-order chi connectivity index (χ1) is 8.68. The van der Waals surface area contributed by atoms with Crippen LogP contribution in [-0.2, 0) is 9.05 Å². The lowest BCUT2D eigenvalue weighted by atomic mass is 10.2. The molecule has 0 aromatic heterocycles. The smallest absolute Gasteiger partial charge is 0.387 e. The van der Waals surface area contributed by atoms with Crippen molar-refractivity contribution in [1.82, 2.24) is 0 Å². The second-order valence-corrected chi connectivity index (χ2v) is 5.52. The summed E-state index contributed by atoms with van der Waals surface area (Å²) in [6, 6.07) is 1.28. The third-order valence-corrected chi connectivity index (χ3v) is 3.28. The lowest BCUT2D eigenvalue weighted by molar-refractivity contribution is -0.385. The third kappa shape index (κ3) is 3.35. The zero-order valence-corrected chi connectivity index (χ0v) is 10.3. The molecule has 104 valence electrons. The Bertz CT molecular complexity index is 632. The van der Waals surface area contributed by atoms with Crippen LogP contribution >= 0.6 is 10.7 Å². The first kappa shape index (κ1) is 15.2. The molecule has 11 heteroatoms. The number of hydrogen-bond acceptors (Lipinski definition) is 6. The van der Waals surface area contributed by atoms with Crippen molar-refractivity contribution in [3.05, 3.63) is 27.8 Å². The largest absolute Gasteiger partial charge is 0.433 e. The van der Waals surface area contributed by atoms with Crippen molar-refractivity contribution in [1.29, 1.82) is 0 Å². The van der Waals surface area contributed by atoms with Gasteiger partial charge in [-0.25, -0.2) is 8.42 Å². The number of alkyl halides is 2. The number of nitro groups is 1. The molecule has 0 N–H and O–H groups in total. The van der Waals surface area contributed by atoms with Crippen molar-refractivity contribution in [3.63, 3.8) is 0 Å². The van der Waals surface area contributed by atoms with Crippen LogP contribution < -0.4 is 4.74 Å². The van der Waals surface area contributed by atoms with Crippen LogP contribution in [0.4, 0.5) is 14.5 Å². The van der Waals surface area contributed by atoms with E-state index in [-0.39, 0.29) is 6.29 Å². The molecular formula is C8H4ClF2NO6S. The second-order valence-electron chi connectivity index (χ2n) is 3.02. The highest BCUT2D eigenvalue weighted by molar-refractivity contribution is 8.13. The number of nitro benzene ring substituents is 1. The van der Waals surface area contributed by atoms with Crippen LogP contribution in [0.3, 0.4) is 0 Å². The van der Waals surface area contributed by atoms with E-state index >= 15 is 0 Å². The summed E-state index contributed by atoms with van der Waals surface area (Å²) in [7, 11) is 0.274. The van der Waals surface area contributed by atoms with Gasteiger partial charge in [0.2, 0.25) is 0 Å². The van der Waals surface area contributed by atoms with E-state index in [1.54, 1.807) is 0 Å². The molecule has 1 aromatic carbocycles. The maximum atomic E-state index is 12.1. The van der Waals surface area contributed by atoms with Gasteiger partial charge >= 0.3 is 6.61 Å². The van der Waals surface area contributed by atoms with Crippen molar-refractivity contribution in [2.45, 2.75) is 11.5 Å². The Labute approximate surface area is 109 Å². The van der Waals surface area contributed by atoms with Crippen LogP contribution in [0.25, 0.3) is 0 Å². The number of carbonyl (C=O) groups excluding carboxylic acids is 1. The minimum Gasteiger partial charge on any atom is -0.433 e. The number of benzene rings is 1. The Morgan fingerprint density at radius 3 is 2.37 bits per heavy atom. The molecule has 0 unspecified atom stereocenters. The number of nitrogens with zero attached hydrogens (tertiary/aromatic N) is 1. The average molecular weight is 316 g/mol. The molecule has 0 fully saturated rings. The average Bonchev–Trinajstić information content (AvgIpc) is 2.25. The predicted octanol–water partition coefficient (Wildman–Crippen LogP) is 1.94. The van der Waals surface area contributed by atoms with Gasteiger partial charge in [0, 0.05) is 16.7 Å². The highest BCUT2D eigenvalue weighted by Crippen LogP contribution is 2.35. The van der Waals surface area contributed by atoms with Gasteiger partial charge in [0.1, 0.15) is 16.2 Å². The zero-order chi connectivity index (χ0) is 14.8. The van der Waals surface area contributed by atoms with Gasteiger partial charge < -0.3 is 4.74 Å². The molecule has 0 aliphatic heterocycles. The summed E-state index contributed by atoms with van der Waals surface area (Å²) in [6.45, 7) is -3.39. The zero-order valence-electron chi connectivity index (χ0n) is 8.75. The van der Waals surface area contributed by atoms with E-state index < -0.39 is 42.5 Å². The molecule has 0 aliphatic carbocycles. The standard InChI is InChI=1S/C8H4ClF2NO6S/c9-19(16,17)7-4(3-13)5(12(14)15)1-2-6(7)18-8(10)11/h1-3,8H. The molecule has 0 amide bonds. The number of carbonyl (C=O) groups is 1. The van der Waals surface area contributed by atoms with Crippen LogP contribution in [0.2, 0.25) is 0 Å². The molecule has 0 heterocycles. The molecule has 0 saturated heterocycles. The Hall–Kier alpha value is -1.81. The fraction of sp³-hybridized carbons (Fsp3) is 0.125. The molecule has 0 atom stereocenters. The molecule has 0 saturated carbocycles. The fourth-order valence-electron chi connectivity index (χ4n) is 1.28. The van der Waals surface area contributed by atoms with Gasteiger partial charge in [0.15, 0.2) is 6.29 Å². The monoisotopic (exact) mass is 315 g/mol. The Morgan fingerprint density at radius 1 is 1.42 bits per heavy atom. The summed E-state index contributed by atoms with van der Waals surface area (Å²) >= 11 is 0. The van der Waals surface area contributed by atoms with E-state index in [2.05, 4.69) is 4.74 Å². The highest BCUT2D eigenvalue weighted by Gasteiger charge is 2.30. The SMILES string of the molecule is O=Cc1c([N+](=O)[O-])ccc(OC(F)F)c1S(=O)(=O)Cl. The molecule has 0 radical (unpaired) electrons. The minimum atomic E-state index is -4.70. The van der Waals surface area contributed by atoms with Crippen molar-refractivity contribution in [2.24, 2.45) is 0 Å². The normalized spacial score (nSPS) is 11.4. The topological polar surface area (TPSA) is 104 Å². The van der Waals surface area contributed by atoms with E-state index in [1.807, 2.05) is 0 Å². The van der Waals surface area contributed by atoms with Gasteiger partial charge in [-0.15, -0.1) is 0 Å². The number of hydrogen-bond donors (Lipinski definition) is 0. The van der Waals surface area contributed by atoms with Crippen molar-refractivity contribution >= 4 is 31.7 Å². The van der Waals surface area contributed by atoms with Gasteiger partial charge in [0.25, 0.3) is 14.7 Å². The quantitative estimate of drug-likeness (QED) is 0.356. The lowest BCUT2D eigenvalue weighted by Gasteiger charge is -2.10. The summed E-state index contributed by atoms with van der Waals surface area (Å²) in [5.41, 5.74) is -1.85. The lowest BCUT2D eigenvalue weighted by Crippen LogP contribution is -2.09. The number of aldehydes is 1. The van der Waals surface area contributed by atoms with Crippen LogP contribution in [0.15, 0.2) is 17.0 Å². The van der Waals surface area contributed by atoms with Gasteiger partial charge in [-0.05, 0) is 6.07 Å². The molecule has 0 bridgehead atoms. The Morgan fingerprint density at radius 2 is 2.00 bits per heavy atom. The fourth-order valence-corrected chi connectivity index (χ4v) is 2.53. The van der Waals surface area contributed by atoms with E-state index in [9.17, 15) is 32.1 Å². The van der Waals surface area contributed by atoms with Crippen LogP contribution in [0.5, 0.6) is 5.75 Å². The predicted molar refractivity (Wildman–Crippen MR) is 58.2 cm³/mol. The maximum Gasteiger partial charge on any atom is 0.387 e. The number of halogens is 3. The first-order valence-electron chi connectivity index (χ1n) is 4.34. The third-order valence-electron chi connectivity index (χ3n) is 1.91. The van der Waals surface area contributed by atoms with Crippen LogP contribution in [-0.4, -0.2) is 26.2 Å². The minimum absolute atomic E-state index is 0.175. The van der Waals surface area contributed by atoms with Crippen LogP contribution in [0, 0.1) is 10.1 Å². The van der Waals surface area contributed by atoms with Crippen molar-refractivity contribution in [2.75, 3.05) is 0 Å². The molecule has 1 rings (SSSR count). The van der Waals surface area contributed by atoms with Gasteiger partial charge in [0.05, 0.1) is 4.92 Å². The maximum absolute atomic E-state index is 12.1. The van der Waals surface area contributed by atoms with E-state index in [0.29, 0.717) is 12.1 Å². The summed E-state index contributed by atoms with van der Waals surface area (Å²) in [6.07, 6.45) is -0.175. The number of ether oxygens (including phenoxy) is 1. The molecule has 19 heavy (non-hydrogen) atoms. The summed E-state index contributed by atoms with van der Waals surface area (Å²) in [5, 5.41) is 10.6. The molecule has 1 aromatic rings. The van der Waals surface area contributed by atoms with Crippen molar-refractivity contribution in [3.8, 4) is 5.75 Å². The van der Waals surface area contributed by atoms with E-state index in [1.165, 1.54) is 0 Å². The molecule has 0 spiro atoms. The van der Waals surface area contributed by atoms with Gasteiger partial charge in [-0.2, -0.15) is 8.78 Å². The molecule has 7 nitrogen and oxygen atoms in total. The Balaban J connectivity index is 3.70. The molecular weight excluding hydrogens is 312 g/mol. The summed E-state index contributed by atoms with van der Waals surface area (Å²) < 4.78 is 50.6. The number of rotatable bonds is 5. The highest BCUT2D eigenvalue weighted by atomic mass is 35.7. The summed E-state index contributed by atoms with van der Waals surface area (Å²) in [5.74, 6) is -0.947. The van der Waals surface area contributed by atoms with Crippen LogP contribution in [0.1, 0.15) is 10.4 Å². The second kappa shape index (κ2) is 5.45. The van der Waals surface area contributed by atoms with E-state index in [4.69, 9.17) is 10.7 Å². The molecule has 0 aliphatic rings.